The van der Waals surface area contributed by atoms with Crippen molar-refractivity contribution in [1.82, 2.24) is 15.1 Å². The Kier molecular flexibility index (Phi) is 5.53. The van der Waals surface area contributed by atoms with Crippen LogP contribution >= 0.6 is 12.4 Å². The molecule has 1 aliphatic carbocycles. The lowest BCUT2D eigenvalue weighted by Crippen LogP contribution is -2.38. The number of nitro groups is 1. The van der Waals surface area contributed by atoms with Gasteiger partial charge in [-0.3, -0.25) is 14.9 Å². The Morgan fingerprint density at radius 2 is 2.21 bits per heavy atom. The van der Waals surface area contributed by atoms with Crippen LogP contribution in [0.5, 0.6) is 0 Å². The van der Waals surface area contributed by atoms with Gasteiger partial charge in [0.1, 0.15) is 0 Å². The van der Waals surface area contributed by atoms with Gasteiger partial charge in [-0.05, 0) is 30.9 Å². The first-order valence-electron chi connectivity index (χ1n) is 7.39. The summed E-state index contributed by atoms with van der Waals surface area (Å²) in [7, 11) is 0. The summed E-state index contributed by atoms with van der Waals surface area (Å²) in [6.45, 7) is 0.424. The Morgan fingerprint density at radius 3 is 2.88 bits per heavy atom. The average Bonchev–Trinajstić information content (AvgIpc) is 3.29. The molecule has 0 aliphatic heterocycles. The molecule has 1 atom stereocenters. The van der Waals surface area contributed by atoms with Crippen molar-refractivity contribution in [2.75, 3.05) is 6.54 Å². The Balaban J connectivity index is 0.00000208. The normalized spacial score (nSPS) is 14.5. The van der Waals surface area contributed by atoms with Gasteiger partial charge in [-0.15, -0.1) is 12.4 Å². The highest BCUT2D eigenvalue weighted by Crippen LogP contribution is 2.31. The molecule has 2 aromatic rings. The fourth-order valence-electron chi connectivity index (χ4n) is 2.33. The van der Waals surface area contributed by atoms with Gasteiger partial charge in [0.05, 0.1) is 10.6 Å². The molecule has 0 spiro atoms. The lowest BCUT2D eigenvalue weighted by molar-refractivity contribution is -0.384. The summed E-state index contributed by atoms with van der Waals surface area (Å²) in [6, 6.07) is 7.61. The van der Waals surface area contributed by atoms with E-state index in [0.29, 0.717) is 18.2 Å². The predicted molar refractivity (Wildman–Crippen MR) is 90.5 cm³/mol. The smallest absolute Gasteiger partial charge is 0.271 e. The summed E-state index contributed by atoms with van der Waals surface area (Å²) in [5, 5.41) is 17.7. The number of halogens is 1. The van der Waals surface area contributed by atoms with Gasteiger partial charge in [0, 0.05) is 30.9 Å². The number of carbonyl (C=O) groups is 1. The summed E-state index contributed by atoms with van der Waals surface area (Å²) in [4.78, 5) is 22.4. The topological polar surface area (TPSA) is 116 Å². The van der Waals surface area contributed by atoms with E-state index in [4.69, 9.17) is 5.73 Å². The van der Waals surface area contributed by atoms with Crippen molar-refractivity contribution in [2.45, 2.75) is 18.9 Å². The van der Waals surface area contributed by atoms with Gasteiger partial charge in [-0.2, -0.15) is 5.10 Å². The van der Waals surface area contributed by atoms with Crippen molar-refractivity contribution in [2.24, 2.45) is 11.7 Å². The number of nitrogens with one attached hydrogen (secondary N) is 1. The second-order valence-corrected chi connectivity index (χ2v) is 5.63. The highest BCUT2D eigenvalue weighted by atomic mass is 35.5. The molecule has 3 N–H and O–H groups in total. The minimum atomic E-state index is -0.472. The molecule has 24 heavy (non-hydrogen) atoms. The van der Waals surface area contributed by atoms with Crippen LogP contribution in [0, 0.1) is 16.0 Å². The maximum atomic E-state index is 12.1. The standard InChI is InChI=1S/C15H17N5O3.ClH/c16-13(10-4-5-10)9-17-15(21)14-6-7-19(18-14)11-2-1-3-12(8-11)20(22)23;/h1-3,6-8,10,13H,4-5,9,16H2,(H,17,21);1H. The molecular weight excluding hydrogens is 334 g/mol. The molecule has 1 amide bonds. The zero-order valence-electron chi connectivity index (χ0n) is 12.8. The first-order valence-corrected chi connectivity index (χ1v) is 7.39. The Morgan fingerprint density at radius 1 is 1.46 bits per heavy atom. The van der Waals surface area contributed by atoms with Gasteiger partial charge in [0.2, 0.25) is 0 Å². The Bertz CT molecular complexity index is 744. The van der Waals surface area contributed by atoms with Crippen LogP contribution in [0.1, 0.15) is 23.3 Å². The lowest BCUT2D eigenvalue weighted by Gasteiger charge is -2.10. The molecule has 0 radical (unpaired) electrons. The van der Waals surface area contributed by atoms with E-state index in [1.807, 2.05) is 0 Å². The fraction of sp³-hybridized carbons (Fsp3) is 0.333. The number of non-ortho nitro benzene ring substituents is 1. The SMILES string of the molecule is Cl.NC(CNC(=O)c1ccn(-c2cccc([N+](=O)[O-])c2)n1)C1CC1. The van der Waals surface area contributed by atoms with Crippen LogP contribution in [0.4, 0.5) is 5.69 Å². The average molecular weight is 352 g/mol. The van der Waals surface area contributed by atoms with Gasteiger partial charge in [-0.25, -0.2) is 4.68 Å². The molecule has 1 saturated carbocycles. The highest BCUT2D eigenvalue weighted by Gasteiger charge is 2.28. The van der Waals surface area contributed by atoms with E-state index in [-0.39, 0.29) is 35.7 Å². The molecule has 1 unspecified atom stereocenters. The fourth-order valence-corrected chi connectivity index (χ4v) is 2.33. The highest BCUT2D eigenvalue weighted by molar-refractivity contribution is 5.92. The van der Waals surface area contributed by atoms with Gasteiger partial charge in [0.15, 0.2) is 5.69 Å². The van der Waals surface area contributed by atoms with Crippen molar-refractivity contribution in [3.05, 3.63) is 52.3 Å². The predicted octanol–water partition coefficient (Wildman–Crippen LogP) is 1.67. The summed E-state index contributed by atoms with van der Waals surface area (Å²) in [5.41, 5.74) is 6.68. The largest absolute Gasteiger partial charge is 0.349 e. The summed E-state index contributed by atoms with van der Waals surface area (Å²) < 4.78 is 1.43. The molecule has 0 saturated heterocycles. The quantitative estimate of drug-likeness (QED) is 0.606. The van der Waals surface area contributed by atoms with Gasteiger partial charge < -0.3 is 11.1 Å². The molecular formula is C15H18ClN5O3. The van der Waals surface area contributed by atoms with Crippen molar-refractivity contribution in [3.8, 4) is 5.69 Å². The molecule has 9 heteroatoms. The maximum Gasteiger partial charge on any atom is 0.271 e. The molecule has 1 heterocycles. The number of nitrogens with two attached hydrogens (primary N) is 1. The number of hydrogen-bond donors (Lipinski definition) is 2. The van der Waals surface area contributed by atoms with Crippen molar-refractivity contribution >= 4 is 24.0 Å². The number of aromatic nitrogens is 2. The lowest BCUT2D eigenvalue weighted by atomic mass is 10.2. The van der Waals surface area contributed by atoms with Gasteiger partial charge >= 0.3 is 0 Å². The second kappa shape index (κ2) is 7.41. The van der Waals surface area contributed by atoms with E-state index in [9.17, 15) is 14.9 Å². The number of amides is 1. The van der Waals surface area contributed by atoms with E-state index < -0.39 is 4.92 Å². The second-order valence-electron chi connectivity index (χ2n) is 5.63. The number of carbonyl (C=O) groups excluding carboxylic acids is 1. The van der Waals surface area contributed by atoms with E-state index in [1.54, 1.807) is 24.4 Å². The number of benzene rings is 1. The molecule has 8 nitrogen and oxygen atoms in total. The molecule has 1 fully saturated rings. The van der Waals surface area contributed by atoms with Crippen LogP contribution in [0.25, 0.3) is 5.69 Å². The van der Waals surface area contributed by atoms with Gasteiger partial charge in [0.25, 0.3) is 11.6 Å². The Hall–Kier alpha value is -2.45. The number of nitrogens with zero attached hydrogens (tertiary/aromatic N) is 3. The monoisotopic (exact) mass is 351 g/mol. The van der Waals surface area contributed by atoms with E-state index in [2.05, 4.69) is 10.4 Å². The first kappa shape index (κ1) is 17.9. The third-order valence-corrected chi connectivity index (χ3v) is 3.85. The van der Waals surface area contributed by atoms with Crippen molar-refractivity contribution in [1.29, 1.82) is 0 Å². The first-order chi connectivity index (χ1) is 11.0. The third kappa shape index (κ3) is 4.09. The van der Waals surface area contributed by atoms with E-state index in [1.165, 1.54) is 16.8 Å². The zero-order chi connectivity index (χ0) is 16.4. The summed E-state index contributed by atoms with van der Waals surface area (Å²) in [5.74, 6) is 0.211. The minimum absolute atomic E-state index is 0. The summed E-state index contributed by atoms with van der Waals surface area (Å²) >= 11 is 0. The molecule has 1 aromatic heterocycles. The van der Waals surface area contributed by atoms with Crippen LogP contribution in [-0.2, 0) is 0 Å². The van der Waals surface area contributed by atoms with Crippen LogP contribution in [0.3, 0.4) is 0 Å². The summed E-state index contributed by atoms with van der Waals surface area (Å²) in [6.07, 6.45) is 3.84. The van der Waals surface area contributed by atoms with Crippen LogP contribution < -0.4 is 11.1 Å². The van der Waals surface area contributed by atoms with E-state index >= 15 is 0 Å². The Labute approximate surface area is 144 Å². The van der Waals surface area contributed by atoms with Crippen LogP contribution in [-0.4, -0.2) is 33.2 Å². The van der Waals surface area contributed by atoms with Gasteiger partial charge in [-0.1, -0.05) is 6.07 Å². The van der Waals surface area contributed by atoms with Crippen LogP contribution in [0.2, 0.25) is 0 Å². The number of hydrogen-bond acceptors (Lipinski definition) is 5. The molecule has 128 valence electrons. The van der Waals surface area contributed by atoms with Crippen molar-refractivity contribution < 1.29 is 9.72 Å². The molecule has 3 rings (SSSR count). The molecule has 1 aromatic carbocycles. The molecule has 1 aliphatic rings. The van der Waals surface area contributed by atoms with Crippen LogP contribution in [0.15, 0.2) is 36.5 Å². The number of nitro benzene ring substituents is 1. The minimum Gasteiger partial charge on any atom is -0.349 e. The van der Waals surface area contributed by atoms with Crippen molar-refractivity contribution in [3.63, 3.8) is 0 Å². The molecule has 0 bridgehead atoms. The number of rotatable bonds is 6. The third-order valence-electron chi connectivity index (χ3n) is 3.85. The van der Waals surface area contributed by atoms with E-state index in [0.717, 1.165) is 12.8 Å². The zero-order valence-corrected chi connectivity index (χ0v) is 13.6. The maximum absolute atomic E-state index is 12.1.